The number of carbonyl (C=O) groups excluding carboxylic acids is 2. The lowest BCUT2D eigenvalue weighted by atomic mass is 9.95. The molecule has 1 saturated heterocycles. The Balaban J connectivity index is 1.69. The minimum Gasteiger partial charge on any atom is -0.507 e. The van der Waals surface area contributed by atoms with Gasteiger partial charge in [-0.05, 0) is 80.0 Å². The second kappa shape index (κ2) is 13.4. The van der Waals surface area contributed by atoms with Gasteiger partial charge in [-0.1, -0.05) is 44.2 Å². The Hall–Kier alpha value is -4.30. The molecule has 1 atom stereocenters. The van der Waals surface area contributed by atoms with Gasteiger partial charge in [0, 0.05) is 18.7 Å². The Kier molecular flexibility index (Phi) is 9.68. The van der Waals surface area contributed by atoms with E-state index in [0.29, 0.717) is 43.2 Å². The number of aliphatic hydroxyl groups is 1. The second-order valence-corrected chi connectivity index (χ2v) is 9.92. The Morgan fingerprint density at radius 1 is 0.951 bits per heavy atom. The number of phenols is 1. The van der Waals surface area contributed by atoms with E-state index in [0.717, 1.165) is 24.2 Å². The molecular weight excluding hydrogens is 520 g/mol. The highest BCUT2D eigenvalue weighted by atomic mass is 16.5. The predicted octanol–water partition coefficient (Wildman–Crippen LogP) is 5.44. The van der Waals surface area contributed by atoms with E-state index in [1.54, 1.807) is 43.3 Å². The molecule has 1 heterocycles. The van der Waals surface area contributed by atoms with Gasteiger partial charge in [0.25, 0.3) is 11.7 Å². The molecule has 3 aromatic rings. The molecule has 1 aliphatic rings. The molecule has 0 aliphatic carbocycles. The summed E-state index contributed by atoms with van der Waals surface area (Å²) in [6, 6.07) is 18.7. The summed E-state index contributed by atoms with van der Waals surface area (Å²) >= 11 is 0. The Bertz CT molecular complexity index is 1410. The molecule has 41 heavy (non-hydrogen) atoms. The topological polar surface area (TPSA) is 99.5 Å². The van der Waals surface area contributed by atoms with E-state index in [2.05, 4.69) is 4.90 Å². The number of ether oxygens (including phenoxy) is 2. The van der Waals surface area contributed by atoms with E-state index >= 15 is 0 Å². The first-order chi connectivity index (χ1) is 19.8. The summed E-state index contributed by atoms with van der Waals surface area (Å²) in [5.41, 5.74) is 3.16. The Labute approximate surface area is 241 Å². The van der Waals surface area contributed by atoms with E-state index in [1.807, 2.05) is 45.0 Å². The van der Waals surface area contributed by atoms with Gasteiger partial charge in [-0.3, -0.25) is 9.59 Å². The summed E-state index contributed by atoms with van der Waals surface area (Å²) in [7, 11) is 0. The van der Waals surface area contributed by atoms with Gasteiger partial charge in [-0.2, -0.15) is 0 Å². The van der Waals surface area contributed by atoms with E-state index in [1.165, 1.54) is 11.0 Å². The molecule has 3 aromatic carbocycles. The summed E-state index contributed by atoms with van der Waals surface area (Å²) in [5, 5.41) is 21.7. The molecule has 0 aromatic heterocycles. The van der Waals surface area contributed by atoms with Crippen LogP contribution in [-0.2, 0) is 16.2 Å². The van der Waals surface area contributed by atoms with Crippen molar-refractivity contribution in [2.24, 2.45) is 0 Å². The average Bonchev–Trinajstić information content (AvgIpc) is 3.23. The molecule has 1 unspecified atom stereocenters. The van der Waals surface area contributed by atoms with E-state index < -0.39 is 17.7 Å². The number of ketones is 1. The van der Waals surface area contributed by atoms with Crippen LogP contribution in [0.3, 0.4) is 0 Å². The Morgan fingerprint density at radius 2 is 1.66 bits per heavy atom. The summed E-state index contributed by atoms with van der Waals surface area (Å²) in [6.07, 6.45) is 0. The fourth-order valence-electron chi connectivity index (χ4n) is 5.02. The number of aliphatic hydroxyl groups excluding tert-OH is 1. The molecule has 0 bridgehead atoms. The van der Waals surface area contributed by atoms with Crippen LogP contribution in [0.2, 0.25) is 0 Å². The molecule has 4 rings (SSSR count). The molecule has 2 N–H and O–H groups in total. The number of carbonyl (C=O) groups is 2. The highest BCUT2D eigenvalue weighted by Crippen LogP contribution is 2.42. The van der Waals surface area contributed by atoms with Gasteiger partial charge in [0.2, 0.25) is 0 Å². The number of benzene rings is 3. The lowest BCUT2D eigenvalue weighted by Crippen LogP contribution is -2.38. The molecule has 1 aliphatic heterocycles. The van der Waals surface area contributed by atoms with E-state index in [9.17, 15) is 19.8 Å². The number of hydrogen-bond acceptors (Lipinski definition) is 7. The molecular formula is C33H38N2O6. The van der Waals surface area contributed by atoms with Crippen molar-refractivity contribution < 1.29 is 29.3 Å². The standard InChI is InChI=1S/C33H38N2O6/c1-5-34(6-2)18-19-35-30(24-14-17-27(36)28(20-24)40-7-3)29(32(38)33(35)39)31(37)23-12-15-26(16-13-23)41-21-25-11-9-8-10-22(25)4/h8-17,20,30,36-37H,5-7,18-19,21H2,1-4H3. The van der Waals surface area contributed by atoms with Crippen LogP contribution in [0.15, 0.2) is 72.3 Å². The SMILES string of the molecule is CCOc1cc(C2C(=C(O)c3ccc(OCc4ccccc4C)cc3)C(=O)C(=O)N2CCN(CC)CC)ccc1O. The van der Waals surface area contributed by atoms with Crippen molar-refractivity contribution in [1.82, 2.24) is 9.80 Å². The number of phenolic OH excluding ortho intramolecular Hbond substituents is 1. The van der Waals surface area contributed by atoms with Gasteiger partial charge in [0.1, 0.15) is 18.1 Å². The fourth-order valence-corrected chi connectivity index (χ4v) is 5.02. The molecule has 216 valence electrons. The number of Topliss-reactive ketones (excluding diaryl/α,β-unsaturated/α-hetero) is 1. The predicted molar refractivity (Wildman–Crippen MR) is 158 cm³/mol. The quantitative estimate of drug-likeness (QED) is 0.173. The summed E-state index contributed by atoms with van der Waals surface area (Å²) in [5.74, 6) is -0.881. The third-order valence-electron chi connectivity index (χ3n) is 7.47. The summed E-state index contributed by atoms with van der Waals surface area (Å²) in [6.45, 7) is 11.1. The Morgan fingerprint density at radius 3 is 2.32 bits per heavy atom. The van der Waals surface area contributed by atoms with Crippen molar-refractivity contribution in [2.45, 2.75) is 40.3 Å². The molecule has 0 radical (unpaired) electrons. The first-order valence-corrected chi connectivity index (χ1v) is 14.0. The number of hydrogen-bond donors (Lipinski definition) is 2. The first kappa shape index (κ1) is 29.7. The lowest BCUT2D eigenvalue weighted by molar-refractivity contribution is -0.140. The third kappa shape index (κ3) is 6.55. The number of likely N-dealkylation sites (N-methyl/N-ethyl adjacent to an activating group) is 1. The van der Waals surface area contributed by atoms with Crippen molar-refractivity contribution in [2.75, 3.05) is 32.8 Å². The molecule has 8 heteroatoms. The second-order valence-electron chi connectivity index (χ2n) is 9.92. The van der Waals surface area contributed by atoms with Crippen molar-refractivity contribution in [3.05, 3.63) is 94.6 Å². The first-order valence-electron chi connectivity index (χ1n) is 14.0. The minimum atomic E-state index is -0.845. The zero-order valence-corrected chi connectivity index (χ0v) is 24.1. The highest BCUT2D eigenvalue weighted by molar-refractivity contribution is 6.46. The van der Waals surface area contributed by atoms with Crippen LogP contribution in [0, 0.1) is 6.92 Å². The normalized spacial score (nSPS) is 16.4. The zero-order chi connectivity index (χ0) is 29.5. The third-order valence-corrected chi connectivity index (χ3v) is 7.47. The van der Waals surface area contributed by atoms with Crippen LogP contribution in [0.4, 0.5) is 0 Å². The molecule has 0 spiro atoms. The van der Waals surface area contributed by atoms with Gasteiger partial charge in [0.05, 0.1) is 18.2 Å². The van der Waals surface area contributed by atoms with Gasteiger partial charge < -0.3 is 29.5 Å². The highest BCUT2D eigenvalue weighted by Gasteiger charge is 2.46. The monoisotopic (exact) mass is 558 g/mol. The smallest absolute Gasteiger partial charge is 0.295 e. The zero-order valence-electron chi connectivity index (χ0n) is 24.1. The average molecular weight is 559 g/mol. The lowest BCUT2D eigenvalue weighted by Gasteiger charge is -2.28. The molecule has 1 fully saturated rings. The summed E-state index contributed by atoms with van der Waals surface area (Å²) < 4.78 is 11.5. The molecule has 1 amide bonds. The fraction of sp³-hybridized carbons (Fsp3) is 0.333. The van der Waals surface area contributed by atoms with E-state index in [4.69, 9.17) is 9.47 Å². The van der Waals surface area contributed by atoms with Gasteiger partial charge in [-0.25, -0.2) is 0 Å². The van der Waals surface area contributed by atoms with Crippen LogP contribution in [0.5, 0.6) is 17.2 Å². The number of aryl methyl sites for hydroxylation is 1. The maximum atomic E-state index is 13.4. The molecule has 0 saturated carbocycles. The van der Waals surface area contributed by atoms with Crippen LogP contribution in [0.25, 0.3) is 5.76 Å². The van der Waals surface area contributed by atoms with E-state index in [-0.39, 0.29) is 22.8 Å². The van der Waals surface area contributed by atoms with Gasteiger partial charge in [0.15, 0.2) is 11.5 Å². The number of amides is 1. The van der Waals surface area contributed by atoms with Crippen LogP contribution >= 0.6 is 0 Å². The van der Waals surface area contributed by atoms with Crippen LogP contribution in [0.1, 0.15) is 49.1 Å². The largest absolute Gasteiger partial charge is 0.507 e. The van der Waals surface area contributed by atoms with Gasteiger partial charge in [-0.15, -0.1) is 0 Å². The maximum Gasteiger partial charge on any atom is 0.295 e. The maximum absolute atomic E-state index is 13.4. The van der Waals surface area contributed by atoms with Crippen molar-refractivity contribution in [3.63, 3.8) is 0 Å². The van der Waals surface area contributed by atoms with Crippen LogP contribution in [-0.4, -0.2) is 64.5 Å². The number of rotatable bonds is 12. The van der Waals surface area contributed by atoms with Crippen molar-refractivity contribution >= 4 is 17.4 Å². The van der Waals surface area contributed by atoms with Crippen molar-refractivity contribution in [3.8, 4) is 17.2 Å². The summed E-state index contributed by atoms with van der Waals surface area (Å²) in [4.78, 5) is 30.4. The van der Waals surface area contributed by atoms with Gasteiger partial charge >= 0.3 is 0 Å². The van der Waals surface area contributed by atoms with Crippen molar-refractivity contribution in [1.29, 1.82) is 0 Å². The number of likely N-dealkylation sites (tertiary alicyclic amines) is 1. The number of nitrogens with zero attached hydrogens (tertiary/aromatic N) is 2. The number of aromatic hydroxyl groups is 1. The van der Waals surface area contributed by atoms with Crippen LogP contribution < -0.4 is 9.47 Å². The minimum absolute atomic E-state index is 0.00346. The molecule has 8 nitrogen and oxygen atoms in total.